The molecular formula is C25H33N3O2. The van der Waals surface area contributed by atoms with E-state index in [1.165, 1.54) is 19.3 Å². The average Bonchev–Trinajstić information content (AvgIpc) is 2.73. The zero-order valence-electron chi connectivity index (χ0n) is 18.1. The molecule has 2 aromatic rings. The molecule has 0 atom stereocenters. The zero-order valence-corrected chi connectivity index (χ0v) is 18.1. The lowest BCUT2D eigenvalue weighted by Crippen LogP contribution is -2.36. The molecular weight excluding hydrogens is 374 g/mol. The van der Waals surface area contributed by atoms with Crippen LogP contribution in [0.3, 0.4) is 0 Å². The highest BCUT2D eigenvalue weighted by molar-refractivity contribution is 5.96. The predicted molar refractivity (Wildman–Crippen MR) is 122 cm³/mol. The van der Waals surface area contributed by atoms with Crippen molar-refractivity contribution in [3.05, 3.63) is 53.6 Å². The van der Waals surface area contributed by atoms with Gasteiger partial charge in [-0.3, -0.25) is 9.59 Å². The summed E-state index contributed by atoms with van der Waals surface area (Å²) >= 11 is 0. The molecule has 5 heteroatoms. The van der Waals surface area contributed by atoms with Gasteiger partial charge in [0.15, 0.2) is 0 Å². The lowest BCUT2D eigenvalue weighted by atomic mass is 9.98. The second kappa shape index (κ2) is 10.4. The molecule has 0 unspecified atom stereocenters. The Bertz CT molecular complexity index is 892. The van der Waals surface area contributed by atoms with Gasteiger partial charge >= 0.3 is 0 Å². The van der Waals surface area contributed by atoms with E-state index in [4.69, 9.17) is 5.73 Å². The minimum absolute atomic E-state index is 0.0503. The van der Waals surface area contributed by atoms with Gasteiger partial charge in [0.25, 0.3) is 0 Å². The van der Waals surface area contributed by atoms with E-state index in [9.17, 15) is 9.59 Å². The highest BCUT2D eigenvalue weighted by Crippen LogP contribution is 2.30. The molecule has 0 spiro atoms. The number of nitrogens with one attached hydrogen (secondary N) is 1. The number of carbonyl (C=O) groups is 2. The van der Waals surface area contributed by atoms with E-state index in [1.807, 2.05) is 43.0 Å². The summed E-state index contributed by atoms with van der Waals surface area (Å²) in [4.78, 5) is 26.6. The molecule has 2 aromatic carbocycles. The first kappa shape index (κ1) is 22.0. The van der Waals surface area contributed by atoms with Gasteiger partial charge in [-0.1, -0.05) is 51.3 Å². The number of rotatable bonds is 3. The van der Waals surface area contributed by atoms with E-state index >= 15 is 0 Å². The number of hydrogen-bond acceptors (Lipinski definition) is 3. The number of nitrogens with zero attached hydrogens (tertiary/aromatic N) is 1. The van der Waals surface area contributed by atoms with E-state index in [0.717, 1.165) is 48.3 Å². The summed E-state index contributed by atoms with van der Waals surface area (Å²) in [5.74, 6) is -0.319. The van der Waals surface area contributed by atoms with Crippen LogP contribution in [-0.2, 0) is 11.3 Å². The number of hydrogen-bond donors (Lipinski definition) is 2. The summed E-state index contributed by atoms with van der Waals surface area (Å²) in [5, 5.41) is 3.54. The van der Waals surface area contributed by atoms with E-state index < -0.39 is 5.91 Å². The van der Waals surface area contributed by atoms with Crippen molar-refractivity contribution in [3.8, 4) is 11.1 Å². The van der Waals surface area contributed by atoms with Gasteiger partial charge in [-0.2, -0.15) is 0 Å². The van der Waals surface area contributed by atoms with Crippen LogP contribution in [-0.4, -0.2) is 24.9 Å². The summed E-state index contributed by atoms with van der Waals surface area (Å²) in [7, 11) is 0. The lowest BCUT2D eigenvalue weighted by molar-refractivity contribution is -0.121. The van der Waals surface area contributed by atoms with Crippen LogP contribution < -0.4 is 16.0 Å². The third-order valence-electron chi connectivity index (χ3n) is 5.66. The average molecular weight is 408 g/mol. The third-order valence-corrected chi connectivity index (χ3v) is 5.66. The van der Waals surface area contributed by atoms with E-state index in [2.05, 4.69) is 17.4 Å². The summed E-state index contributed by atoms with van der Waals surface area (Å²) in [6.45, 7) is 6.35. The Balaban J connectivity index is 2.01. The van der Waals surface area contributed by atoms with E-state index in [-0.39, 0.29) is 11.8 Å². The Morgan fingerprint density at radius 3 is 2.47 bits per heavy atom. The van der Waals surface area contributed by atoms with Crippen LogP contribution in [0.2, 0.25) is 0 Å². The molecule has 5 nitrogen and oxygen atoms in total. The fourth-order valence-corrected chi connectivity index (χ4v) is 3.96. The molecule has 0 aliphatic carbocycles. The molecule has 0 saturated heterocycles. The van der Waals surface area contributed by atoms with Crippen LogP contribution in [0.25, 0.3) is 11.1 Å². The van der Waals surface area contributed by atoms with Crippen molar-refractivity contribution in [1.82, 2.24) is 5.32 Å². The van der Waals surface area contributed by atoms with Crippen molar-refractivity contribution in [2.24, 2.45) is 11.7 Å². The number of nitrogens with two attached hydrogens (primary N) is 1. The third kappa shape index (κ3) is 5.48. The standard InChI is InChI=1S/C25H33N3O2/c1-18(2)25(30)28-14-7-5-3-4-6-13-27-17-22-16-20(11-12-23(22)28)19-9-8-10-21(15-19)24(26)29/h8-12,15-16,18,27H,3-7,13-14,17H2,1-2H3,(H2,26,29). The van der Waals surface area contributed by atoms with Crippen molar-refractivity contribution < 1.29 is 9.59 Å². The minimum Gasteiger partial charge on any atom is -0.366 e. The fourth-order valence-electron chi connectivity index (χ4n) is 3.96. The molecule has 0 radical (unpaired) electrons. The summed E-state index contributed by atoms with van der Waals surface area (Å²) in [6, 6.07) is 13.6. The molecule has 30 heavy (non-hydrogen) atoms. The molecule has 3 rings (SSSR count). The largest absolute Gasteiger partial charge is 0.366 e. The monoisotopic (exact) mass is 407 g/mol. The highest BCUT2D eigenvalue weighted by atomic mass is 16.2. The van der Waals surface area contributed by atoms with Crippen LogP contribution in [0.4, 0.5) is 5.69 Å². The van der Waals surface area contributed by atoms with Crippen LogP contribution in [0.15, 0.2) is 42.5 Å². The lowest BCUT2D eigenvalue weighted by Gasteiger charge is -2.28. The summed E-state index contributed by atoms with van der Waals surface area (Å²) < 4.78 is 0. The Hall–Kier alpha value is -2.66. The molecule has 0 saturated carbocycles. The van der Waals surface area contributed by atoms with Gasteiger partial charge in [0.2, 0.25) is 11.8 Å². The Morgan fingerprint density at radius 1 is 0.967 bits per heavy atom. The summed E-state index contributed by atoms with van der Waals surface area (Å²) in [6.07, 6.45) is 5.78. The topological polar surface area (TPSA) is 75.4 Å². The van der Waals surface area contributed by atoms with Gasteiger partial charge in [0.05, 0.1) is 0 Å². The molecule has 1 heterocycles. The van der Waals surface area contributed by atoms with Crippen LogP contribution in [0.5, 0.6) is 0 Å². The second-order valence-electron chi connectivity index (χ2n) is 8.38. The number of primary amides is 1. The smallest absolute Gasteiger partial charge is 0.248 e. The van der Waals surface area contributed by atoms with Crippen molar-refractivity contribution in [3.63, 3.8) is 0 Å². The maximum absolute atomic E-state index is 13.0. The van der Waals surface area contributed by atoms with Crippen LogP contribution in [0, 0.1) is 5.92 Å². The van der Waals surface area contributed by atoms with Gasteiger partial charge in [-0.05, 0) is 60.3 Å². The molecule has 0 aromatic heterocycles. The van der Waals surface area contributed by atoms with Gasteiger partial charge < -0.3 is 16.0 Å². The van der Waals surface area contributed by atoms with E-state index in [0.29, 0.717) is 12.1 Å². The van der Waals surface area contributed by atoms with Crippen molar-refractivity contribution in [2.45, 2.75) is 52.5 Å². The van der Waals surface area contributed by atoms with Gasteiger partial charge in [-0.25, -0.2) is 0 Å². The van der Waals surface area contributed by atoms with Gasteiger partial charge in [-0.15, -0.1) is 0 Å². The van der Waals surface area contributed by atoms with Crippen LogP contribution >= 0.6 is 0 Å². The quantitative estimate of drug-likeness (QED) is 0.787. The Labute approximate surface area is 179 Å². The Kier molecular flexibility index (Phi) is 7.63. The first-order valence-corrected chi connectivity index (χ1v) is 11.0. The maximum Gasteiger partial charge on any atom is 0.248 e. The number of carbonyl (C=O) groups excluding carboxylic acids is 2. The van der Waals surface area contributed by atoms with Crippen molar-refractivity contribution in [1.29, 1.82) is 0 Å². The van der Waals surface area contributed by atoms with E-state index in [1.54, 1.807) is 6.07 Å². The van der Waals surface area contributed by atoms with Crippen molar-refractivity contribution in [2.75, 3.05) is 18.0 Å². The van der Waals surface area contributed by atoms with Crippen LogP contribution in [0.1, 0.15) is 61.9 Å². The minimum atomic E-state index is -0.432. The number of anilines is 1. The SMILES string of the molecule is CC(C)C(=O)N1CCCCCCCNCc2cc(-c3cccc(C(N)=O)c3)ccc21. The molecule has 1 aliphatic rings. The molecule has 160 valence electrons. The molecule has 0 fully saturated rings. The number of amides is 2. The second-order valence-corrected chi connectivity index (χ2v) is 8.38. The normalized spacial score (nSPS) is 15.8. The zero-order chi connectivity index (χ0) is 21.5. The molecule has 1 aliphatic heterocycles. The fraction of sp³-hybridized carbons (Fsp3) is 0.440. The van der Waals surface area contributed by atoms with Gasteiger partial charge in [0, 0.05) is 30.3 Å². The van der Waals surface area contributed by atoms with Crippen molar-refractivity contribution >= 4 is 17.5 Å². The molecule has 2 amide bonds. The first-order chi connectivity index (χ1) is 14.5. The first-order valence-electron chi connectivity index (χ1n) is 11.0. The predicted octanol–water partition coefficient (Wildman–Crippen LogP) is 4.50. The number of fused-ring (bicyclic) bond motifs is 1. The highest BCUT2D eigenvalue weighted by Gasteiger charge is 2.21. The maximum atomic E-state index is 13.0. The summed E-state index contributed by atoms with van der Waals surface area (Å²) in [5.41, 5.74) is 10.0. The molecule has 0 bridgehead atoms. The molecule has 3 N–H and O–H groups in total. The number of benzene rings is 2. The van der Waals surface area contributed by atoms with Gasteiger partial charge in [0.1, 0.15) is 0 Å². The Morgan fingerprint density at radius 2 is 1.70 bits per heavy atom.